The fourth-order valence-corrected chi connectivity index (χ4v) is 3.77. The highest BCUT2D eigenvalue weighted by molar-refractivity contribution is 5.97. The van der Waals surface area contributed by atoms with Crippen LogP contribution in [0, 0.1) is 23.6 Å². The number of carbonyl (C=O) groups excluding carboxylic acids is 2. The molecule has 2 amide bonds. The van der Waals surface area contributed by atoms with Crippen molar-refractivity contribution in [2.45, 2.75) is 39.0 Å². The number of ether oxygens (including phenoxy) is 1. The van der Waals surface area contributed by atoms with Crippen LogP contribution in [0.15, 0.2) is 36.5 Å². The highest BCUT2D eigenvalue weighted by atomic mass is 19.1. The summed E-state index contributed by atoms with van der Waals surface area (Å²) in [5.41, 5.74) is 0.553. The van der Waals surface area contributed by atoms with E-state index in [1.54, 1.807) is 31.0 Å². The van der Waals surface area contributed by atoms with Gasteiger partial charge in [-0.05, 0) is 32.0 Å². The Hall–Kier alpha value is -3.48. The molecule has 2 N–H and O–H groups in total. The van der Waals surface area contributed by atoms with E-state index in [0.29, 0.717) is 5.56 Å². The number of aliphatic hydroxyl groups excluding tert-OH is 2. The third kappa shape index (κ3) is 6.15. The van der Waals surface area contributed by atoms with Gasteiger partial charge in [0.25, 0.3) is 11.8 Å². The topological polar surface area (TPSA) is 103 Å². The van der Waals surface area contributed by atoms with Gasteiger partial charge >= 0.3 is 0 Å². The first-order valence-electron chi connectivity index (χ1n) is 11.4. The van der Waals surface area contributed by atoms with E-state index < -0.39 is 30.0 Å². The van der Waals surface area contributed by atoms with E-state index in [2.05, 4.69) is 16.8 Å². The summed E-state index contributed by atoms with van der Waals surface area (Å²) in [6, 6.07) is 6.83. The van der Waals surface area contributed by atoms with E-state index in [9.17, 15) is 24.2 Å². The Morgan fingerprint density at radius 2 is 2.09 bits per heavy atom. The van der Waals surface area contributed by atoms with Crippen LogP contribution in [0.1, 0.15) is 47.1 Å². The molecule has 1 aliphatic heterocycles. The zero-order valence-electron chi connectivity index (χ0n) is 20.2. The van der Waals surface area contributed by atoms with Crippen molar-refractivity contribution >= 4 is 11.8 Å². The van der Waals surface area contributed by atoms with E-state index >= 15 is 0 Å². The zero-order chi connectivity index (χ0) is 25.7. The monoisotopic (exact) mass is 483 g/mol. The number of fused-ring (bicyclic) bond motifs is 1. The molecular formula is C26H30FN3O5. The number of benzene rings is 1. The predicted molar refractivity (Wildman–Crippen MR) is 127 cm³/mol. The van der Waals surface area contributed by atoms with Gasteiger partial charge in [0.1, 0.15) is 23.6 Å². The van der Waals surface area contributed by atoms with Crippen LogP contribution in [0.3, 0.4) is 0 Å². The van der Waals surface area contributed by atoms with Crippen LogP contribution in [0.25, 0.3) is 0 Å². The van der Waals surface area contributed by atoms with Crippen molar-refractivity contribution in [2.75, 3.05) is 26.7 Å². The van der Waals surface area contributed by atoms with E-state index in [4.69, 9.17) is 4.74 Å². The molecule has 4 atom stereocenters. The average Bonchev–Trinajstić information content (AvgIpc) is 2.84. The fraction of sp³-hybridized carbons (Fsp3) is 0.423. The summed E-state index contributed by atoms with van der Waals surface area (Å²) in [6.45, 7) is 5.28. The largest absolute Gasteiger partial charge is 0.472 e. The van der Waals surface area contributed by atoms with Gasteiger partial charge in [0.2, 0.25) is 5.88 Å². The molecule has 0 bridgehead atoms. The van der Waals surface area contributed by atoms with E-state index in [1.807, 2.05) is 6.92 Å². The molecule has 2 aromatic rings. The molecule has 2 heterocycles. The lowest BCUT2D eigenvalue weighted by Gasteiger charge is -2.37. The van der Waals surface area contributed by atoms with Gasteiger partial charge in [0.05, 0.1) is 24.8 Å². The summed E-state index contributed by atoms with van der Waals surface area (Å²) in [4.78, 5) is 33.5. The number of hydrogen-bond acceptors (Lipinski definition) is 6. The molecule has 1 aliphatic rings. The highest BCUT2D eigenvalue weighted by Gasteiger charge is 2.35. The lowest BCUT2D eigenvalue weighted by molar-refractivity contribution is 0.0312. The van der Waals surface area contributed by atoms with Crippen LogP contribution in [-0.4, -0.2) is 81.8 Å². The molecule has 0 saturated heterocycles. The number of carbonyl (C=O) groups is 2. The van der Waals surface area contributed by atoms with Crippen LogP contribution in [-0.2, 0) is 0 Å². The van der Waals surface area contributed by atoms with E-state index in [-0.39, 0.29) is 48.5 Å². The molecule has 186 valence electrons. The molecule has 0 spiro atoms. The molecule has 1 aromatic heterocycles. The second-order valence-electron chi connectivity index (χ2n) is 8.81. The molecule has 1 aromatic carbocycles. The van der Waals surface area contributed by atoms with Gasteiger partial charge in [-0.25, -0.2) is 9.37 Å². The maximum absolute atomic E-state index is 14.2. The fourth-order valence-electron chi connectivity index (χ4n) is 3.77. The first-order chi connectivity index (χ1) is 16.6. The molecule has 3 rings (SSSR count). The summed E-state index contributed by atoms with van der Waals surface area (Å²) in [6.07, 6.45) is 0.0271. The molecule has 0 fully saturated rings. The summed E-state index contributed by atoms with van der Waals surface area (Å²) in [5.74, 6) is 3.76. The molecule has 0 radical (unpaired) electrons. The van der Waals surface area contributed by atoms with Gasteiger partial charge in [0, 0.05) is 31.3 Å². The number of aromatic nitrogens is 1. The van der Waals surface area contributed by atoms with E-state index in [0.717, 1.165) is 0 Å². The summed E-state index contributed by atoms with van der Waals surface area (Å²) in [5, 5.41) is 19.2. The number of pyridine rings is 1. The standard InChI is InChI=1S/C26H30FN3O5/c1-16-13-30(17(2)15-31)26(34)21-11-19(10-9-18(3)32)12-28-24(21)35-23(16)14-29(4)25(33)20-7-5-6-8-22(20)27/h5-8,11-12,16-18,23,31-32H,13-15H2,1-4H3/t16-,17-,18+,23+/m0/s1. The van der Waals surface area contributed by atoms with Gasteiger partial charge in [-0.1, -0.05) is 30.9 Å². The maximum atomic E-state index is 14.2. The van der Waals surface area contributed by atoms with Gasteiger partial charge in [0.15, 0.2) is 0 Å². The SMILES string of the molecule is C[C@@H](O)C#Cc1cnc2c(c1)C(=O)N([C@@H](C)CO)C[C@H](C)[C@@H](CN(C)C(=O)c1ccccc1F)O2. The number of nitrogens with zero attached hydrogens (tertiary/aromatic N) is 3. The van der Waals surface area contributed by atoms with Crippen LogP contribution >= 0.6 is 0 Å². The molecule has 9 heteroatoms. The van der Waals surface area contributed by atoms with Crippen LogP contribution in [0.5, 0.6) is 5.88 Å². The zero-order valence-corrected chi connectivity index (χ0v) is 20.2. The number of halogens is 1. The van der Waals surface area contributed by atoms with Crippen molar-refractivity contribution in [2.24, 2.45) is 5.92 Å². The Bertz CT molecular complexity index is 1140. The van der Waals surface area contributed by atoms with Crippen molar-refractivity contribution in [3.8, 4) is 17.7 Å². The molecule has 35 heavy (non-hydrogen) atoms. The lowest BCUT2D eigenvalue weighted by atomic mass is 9.99. The van der Waals surface area contributed by atoms with Gasteiger partial charge in [-0.2, -0.15) is 0 Å². The minimum Gasteiger partial charge on any atom is -0.472 e. The molecule has 0 saturated carbocycles. The normalized spacial score (nSPS) is 19.3. The second kappa shape index (κ2) is 11.3. The smallest absolute Gasteiger partial charge is 0.259 e. The third-order valence-electron chi connectivity index (χ3n) is 5.85. The first kappa shape index (κ1) is 26.1. The van der Waals surface area contributed by atoms with Crippen LogP contribution < -0.4 is 4.74 Å². The van der Waals surface area contributed by atoms with Crippen LogP contribution in [0.2, 0.25) is 0 Å². The highest BCUT2D eigenvalue weighted by Crippen LogP contribution is 2.27. The van der Waals surface area contributed by atoms with Crippen molar-refractivity contribution < 1.29 is 28.9 Å². The second-order valence-corrected chi connectivity index (χ2v) is 8.81. The molecule has 0 unspecified atom stereocenters. The summed E-state index contributed by atoms with van der Waals surface area (Å²) < 4.78 is 20.3. The minimum atomic E-state index is -0.845. The third-order valence-corrected chi connectivity index (χ3v) is 5.85. The Morgan fingerprint density at radius 1 is 1.37 bits per heavy atom. The van der Waals surface area contributed by atoms with Crippen molar-refractivity contribution in [1.29, 1.82) is 0 Å². The van der Waals surface area contributed by atoms with Gasteiger partial charge in [-0.15, -0.1) is 0 Å². The van der Waals surface area contributed by atoms with Gasteiger partial charge in [-0.3, -0.25) is 9.59 Å². The molecule has 0 aliphatic carbocycles. The Kier molecular flexibility index (Phi) is 8.43. The number of aliphatic hydroxyl groups is 2. The summed E-state index contributed by atoms with van der Waals surface area (Å²) >= 11 is 0. The van der Waals surface area contributed by atoms with Crippen molar-refractivity contribution in [3.05, 3.63) is 59.0 Å². The lowest BCUT2D eigenvalue weighted by Crippen LogP contribution is -2.50. The molecular weight excluding hydrogens is 453 g/mol. The average molecular weight is 484 g/mol. The van der Waals surface area contributed by atoms with Gasteiger partial charge < -0.3 is 24.7 Å². The summed E-state index contributed by atoms with van der Waals surface area (Å²) in [7, 11) is 1.56. The van der Waals surface area contributed by atoms with Crippen LogP contribution in [0.4, 0.5) is 4.39 Å². The predicted octanol–water partition coefficient (Wildman–Crippen LogP) is 1.95. The number of rotatable bonds is 5. The quantitative estimate of drug-likeness (QED) is 0.631. The Morgan fingerprint density at radius 3 is 2.74 bits per heavy atom. The Labute approximate surface area is 204 Å². The van der Waals surface area contributed by atoms with Crippen molar-refractivity contribution in [3.63, 3.8) is 0 Å². The van der Waals surface area contributed by atoms with Crippen molar-refractivity contribution in [1.82, 2.24) is 14.8 Å². The van der Waals surface area contributed by atoms with E-state index in [1.165, 1.54) is 36.2 Å². The minimum absolute atomic E-state index is 0.0425. The number of amides is 2. The number of hydrogen-bond donors (Lipinski definition) is 2. The molecule has 8 nitrogen and oxygen atoms in total. The maximum Gasteiger partial charge on any atom is 0.259 e. The first-order valence-corrected chi connectivity index (χ1v) is 11.4. The number of likely N-dealkylation sites (N-methyl/N-ethyl adjacent to an activating group) is 1. The Balaban J connectivity index is 1.96.